The van der Waals surface area contributed by atoms with Crippen molar-refractivity contribution in [3.63, 3.8) is 0 Å². The van der Waals surface area contributed by atoms with Crippen LogP contribution >= 0.6 is 0 Å². The Morgan fingerprint density at radius 1 is 1.11 bits per heavy atom. The number of fused-ring (bicyclic) bond motifs is 3. The van der Waals surface area contributed by atoms with Crippen molar-refractivity contribution in [2.75, 3.05) is 21.1 Å². The van der Waals surface area contributed by atoms with Crippen LogP contribution in [0.15, 0.2) is 39.2 Å². The average Bonchev–Trinajstić information content (AvgIpc) is 3.12. The molecule has 136 valence electrons. The predicted molar refractivity (Wildman–Crippen MR) is 105 cm³/mol. The van der Waals surface area contributed by atoms with Crippen LogP contribution in [0.2, 0.25) is 0 Å². The maximum absolute atomic E-state index is 12.4. The third-order valence-corrected chi connectivity index (χ3v) is 4.79. The molecule has 0 fully saturated rings. The monoisotopic (exact) mass is 360 g/mol. The Labute approximate surface area is 156 Å². The van der Waals surface area contributed by atoms with E-state index in [2.05, 4.69) is 21.1 Å². The summed E-state index contributed by atoms with van der Waals surface area (Å²) in [5.41, 5.74) is 1.87. The lowest BCUT2D eigenvalue weighted by atomic mass is 9.96. The molecule has 27 heavy (non-hydrogen) atoms. The molecular weight excluding hydrogens is 340 g/mol. The molecule has 0 saturated heterocycles. The summed E-state index contributed by atoms with van der Waals surface area (Å²) in [5.74, 6) is 0.465. The van der Waals surface area contributed by atoms with E-state index in [1.165, 1.54) is 4.90 Å². The number of phenolic OH excluding ortho intramolecular Hbond substituents is 1. The molecule has 0 saturated carbocycles. The van der Waals surface area contributed by atoms with Gasteiger partial charge in [-0.3, -0.25) is 9.79 Å². The Balaban J connectivity index is 2.09. The van der Waals surface area contributed by atoms with Crippen molar-refractivity contribution in [1.82, 2.24) is 4.90 Å². The van der Waals surface area contributed by atoms with Gasteiger partial charge in [0.15, 0.2) is 0 Å². The van der Waals surface area contributed by atoms with E-state index in [-0.39, 0.29) is 11.7 Å². The molecule has 1 aliphatic carbocycles. The SMILES string of the molecule is CN=C1N=c2c(-c3cccc(C(=O)N(C)C)c3)c(O)c3c(c2=N1)=CCCC=3. The fourth-order valence-corrected chi connectivity index (χ4v) is 3.50. The molecule has 2 aromatic rings. The van der Waals surface area contributed by atoms with Gasteiger partial charge in [-0.2, -0.15) is 0 Å². The molecule has 2 aromatic carbocycles. The van der Waals surface area contributed by atoms with Crippen molar-refractivity contribution in [2.45, 2.75) is 12.8 Å². The number of guanidine groups is 1. The van der Waals surface area contributed by atoms with Gasteiger partial charge in [-0.25, -0.2) is 9.98 Å². The van der Waals surface area contributed by atoms with Crippen molar-refractivity contribution < 1.29 is 9.90 Å². The van der Waals surface area contributed by atoms with Crippen LogP contribution in [-0.4, -0.2) is 43.0 Å². The largest absolute Gasteiger partial charge is 0.507 e. The number of hydrogen-bond donors (Lipinski definition) is 1. The maximum atomic E-state index is 12.4. The number of phenols is 1. The minimum atomic E-state index is -0.0942. The Kier molecular flexibility index (Phi) is 4.11. The summed E-state index contributed by atoms with van der Waals surface area (Å²) in [6, 6.07) is 7.24. The highest BCUT2D eigenvalue weighted by Crippen LogP contribution is 2.23. The lowest BCUT2D eigenvalue weighted by molar-refractivity contribution is 0.0827. The lowest BCUT2D eigenvalue weighted by Crippen LogP contribution is -2.48. The van der Waals surface area contributed by atoms with Crippen LogP contribution < -0.4 is 21.2 Å². The summed E-state index contributed by atoms with van der Waals surface area (Å²) in [5, 5.41) is 14.1. The second-order valence-corrected chi connectivity index (χ2v) is 6.76. The molecule has 1 amide bonds. The Hall–Kier alpha value is -3.28. The highest BCUT2D eigenvalue weighted by atomic mass is 16.3. The molecule has 0 spiro atoms. The molecule has 0 aromatic heterocycles. The number of amides is 1. The first-order valence-corrected chi connectivity index (χ1v) is 8.83. The Morgan fingerprint density at radius 3 is 2.52 bits per heavy atom. The minimum Gasteiger partial charge on any atom is -0.507 e. The standard InChI is InChI=1S/C21H20N4O2/c1-22-21-23-17-14-9-4-5-10-15(14)19(26)16(18(17)24-21)12-7-6-8-13(11-12)20(27)25(2)3/h6-11,26H,4-5H2,1-3H3. The molecule has 1 heterocycles. The van der Waals surface area contributed by atoms with Crippen molar-refractivity contribution in [1.29, 1.82) is 0 Å². The first kappa shape index (κ1) is 17.1. The van der Waals surface area contributed by atoms with E-state index in [4.69, 9.17) is 0 Å². The molecule has 0 atom stereocenters. The normalized spacial score (nSPS) is 15.7. The average molecular weight is 360 g/mol. The van der Waals surface area contributed by atoms with Crippen LogP contribution in [-0.2, 0) is 0 Å². The van der Waals surface area contributed by atoms with Crippen molar-refractivity contribution in [2.24, 2.45) is 15.0 Å². The summed E-state index contributed by atoms with van der Waals surface area (Å²) in [7, 11) is 5.07. The van der Waals surface area contributed by atoms with Crippen molar-refractivity contribution >= 4 is 24.0 Å². The number of nitrogens with zero attached hydrogens (tertiary/aromatic N) is 4. The molecule has 0 unspecified atom stereocenters. The highest BCUT2D eigenvalue weighted by Gasteiger charge is 2.19. The minimum absolute atomic E-state index is 0.0942. The summed E-state index contributed by atoms with van der Waals surface area (Å²) >= 11 is 0. The first-order valence-electron chi connectivity index (χ1n) is 8.83. The molecule has 1 N–H and O–H groups in total. The summed E-state index contributed by atoms with van der Waals surface area (Å²) in [4.78, 5) is 27.1. The molecule has 6 nitrogen and oxygen atoms in total. The number of carbonyl (C=O) groups is 1. The highest BCUT2D eigenvalue weighted by molar-refractivity contribution is 5.95. The van der Waals surface area contributed by atoms with Gasteiger partial charge in [0.1, 0.15) is 16.5 Å². The summed E-state index contributed by atoms with van der Waals surface area (Å²) in [6.45, 7) is 0. The lowest BCUT2D eigenvalue weighted by Gasteiger charge is -2.13. The topological polar surface area (TPSA) is 77.6 Å². The van der Waals surface area contributed by atoms with Crippen LogP contribution in [0, 0.1) is 0 Å². The molecule has 0 bridgehead atoms. The number of hydrogen-bond acceptors (Lipinski definition) is 3. The second kappa shape index (κ2) is 6.46. The number of rotatable bonds is 2. The van der Waals surface area contributed by atoms with E-state index < -0.39 is 0 Å². The van der Waals surface area contributed by atoms with E-state index >= 15 is 0 Å². The molecule has 6 heteroatoms. The quantitative estimate of drug-likeness (QED) is 0.839. The second-order valence-electron chi connectivity index (χ2n) is 6.76. The van der Waals surface area contributed by atoms with E-state index in [9.17, 15) is 9.90 Å². The zero-order valence-electron chi connectivity index (χ0n) is 15.5. The van der Waals surface area contributed by atoms with E-state index in [0.29, 0.717) is 22.4 Å². The van der Waals surface area contributed by atoms with Crippen molar-refractivity contribution in [3.8, 4) is 16.9 Å². The maximum Gasteiger partial charge on any atom is 0.253 e. The van der Waals surface area contributed by atoms with Crippen molar-refractivity contribution in [3.05, 3.63) is 51.0 Å². The van der Waals surface area contributed by atoms with Gasteiger partial charge in [-0.05, 0) is 30.5 Å². The van der Waals surface area contributed by atoms with Gasteiger partial charge < -0.3 is 10.0 Å². The van der Waals surface area contributed by atoms with Gasteiger partial charge in [-0.15, -0.1) is 0 Å². The van der Waals surface area contributed by atoms with E-state index in [1.807, 2.05) is 18.2 Å². The van der Waals surface area contributed by atoms with Gasteiger partial charge in [0, 0.05) is 37.1 Å². The molecule has 2 aliphatic rings. The predicted octanol–water partition coefficient (Wildman–Crippen LogP) is 0.354. The van der Waals surface area contributed by atoms with Crippen LogP contribution in [0.5, 0.6) is 5.75 Å². The summed E-state index contributed by atoms with van der Waals surface area (Å²) in [6.07, 6.45) is 5.88. The van der Waals surface area contributed by atoms with E-state index in [1.54, 1.807) is 33.3 Å². The van der Waals surface area contributed by atoms with Gasteiger partial charge in [0.25, 0.3) is 5.91 Å². The molecule has 0 radical (unpaired) electrons. The third kappa shape index (κ3) is 2.73. The van der Waals surface area contributed by atoms with Gasteiger partial charge in [0.2, 0.25) is 5.96 Å². The Morgan fingerprint density at radius 2 is 1.81 bits per heavy atom. The van der Waals surface area contributed by atoms with Crippen LogP contribution in [0.25, 0.3) is 23.3 Å². The zero-order chi connectivity index (χ0) is 19.1. The van der Waals surface area contributed by atoms with Crippen LogP contribution in [0.1, 0.15) is 23.2 Å². The Bertz CT molecular complexity index is 1240. The number of carbonyl (C=O) groups excluding carboxylic acids is 1. The zero-order valence-corrected chi connectivity index (χ0v) is 15.5. The first-order chi connectivity index (χ1) is 13.0. The molecule has 4 rings (SSSR count). The molecule has 1 aliphatic heterocycles. The molecular formula is C21H20N4O2. The van der Waals surface area contributed by atoms with E-state index in [0.717, 1.165) is 34.2 Å². The number of aromatic hydroxyl groups is 1. The van der Waals surface area contributed by atoms with Crippen LogP contribution in [0.3, 0.4) is 0 Å². The van der Waals surface area contributed by atoms with Crippen LogP contribution in [0.4, 0.5) is 0 Å². The third-order valence-electron chi connectivity index (χ3n) is 4.79. The smallest absolute Gasteiger partial charge is 0.253 e. The number of aliphatic imine (C=N–C) groups is 1. The van der Waals surface area contributed by atoms with Gasteiger partial charge in [-0.1, -0.05) is 24.3 Å². The fourth-order valence-electron chi connectivity index (χ4n) is 3.50. The number of benzene rings is 2. The fraction of sp³-hybridized carbons (Fsp3) is 0.238. The van der Waals surface area contributed by atoms with Gasteiger partial charge in [0.05, 0.1) is 5.56 Å². The van der Waals surface area contributed by atoms with Gasteiger partial charge >= 0.3 is 0 Å². The summed E-state index contributed by atoms with van der Waals surface area (Å²) < 4.78 is 0.